The third kappa shape index (κ3) is 4.85. The van der Waals surface area contributed by atoms with Gasteiger partial charge in [-0.1, -0.05) is 56.7 Å². The topological polar surface area (TPSA) is 44.8 Å². The fourth-order valence-corrected chi connectivity index (χ4v) is 6.28. The highest BCUT2D eigenvalue weighted by Crippen LogP contribution is 2.52. The van der Waals surface area contributed by atoms with Gasteiger partial charge in [-0.05, 0) is 85.2 Å². The molecule has 3 aromatic carbocycles. The Morgan fingerprint density at radius 3 is 2.54 bits per heavy atom. The summed E-state index contributed by atoms with van der Waals surface area (Å²) < 4.78 is 5.72. The van der Waals surface area contributed by atoms with Crippen LogP contribution in [-0.4, -0.2) is 37.3 Å². The number of anilines is 2. The summed E-state index contributed by atoms with van der Waals surface area (Å²) in [6, 6.07) is 20.8. The standard InChI is InChI=1S/C32H39N3O2/c1-21(2)24-9-11-26(12-10-24)33-31(36)37-27-13-14-29-28(20-27)32(5)16-18-35(30(32)34(29)6)17-15-25-8-7-22(3)19-23(25)4/h7-14,19-21,30H,15-18H2,1-6H3,(H,33,36)/t30-,32-/m0/s1. The highest BCUT2D eigenvalue weighted by atomic mass is 16.6. The number of carbonyl (C=O) groups is 1. The fraction of sp³-hybridized carbons (Fsp3) is 0.406. The van der Waals surface area contributed by atoms with Crippen LogP contribution < -0.4 is 15.0 Å². The van der Waals surface area contributed by atoms with Crippen molar-refractivity contribution in [1.29, 1.82) is 0 Å². The van der Waals surface area contributed by atoms with E-state index in [-0.39, 0.29) is 5.41 Å². The molecule has 0 radical (unpaired) electrons. The first-order valence-corrected chi connectivity index (χ1v) is 13.4. The van der Waals surface area contributed by atoms with E-state index in [4.69, 9.17) is 4.74 Å². The van der Waals surface area contributed by atoms with E-state index in [2.05, 4.69) is 87.1 Å². The maximum absolute atomic E-state index is 12.6. The number of aryl methyl sites for hydroxylation is 2. The van der Waals surface area contributed by atoms with E-state index in [1.165, 1.54) is 33.5 Å². The van der Waals surface area contributed by atoms with Crippen molar-refractivity contribution in [3.63, 3.8) is 0 Å². The van der Waals surface area contributed by atoms with Gasteiger partial charge in [-0.2, -0.15) is 0 Å². The third-order valence-electron chi connectivity index (χ3n) is 8.37. The molecule has 2 aliphatic rings. The van der Waals surface area contributed by atoms with Crippen molar-refractivity contribution in [2.24, 2.45) is 0 Å². The maximum atomic E-state index is 12.6. The highest BCUT2D eigenvalue weighted by Gasteiger charge is 2.53. The lowest BCUT2D eigenvalue weighted by Gasteiger charge is -2.35. The minimum absolute atomic E-state index is 0.00503. The van der Waals surface area contributed by atoms with Crippen LogP contribution in [0.3, 0.4) is 0 Å². The van der Waals surface area contributed by atoms with Gasteiger partial charge in [0.2, 0.25) is 0 Å². The first kappa shape index (κ1) is 25.3. The lowest BCUT2D eigenvalue weighted by atomic mass is 9.81. The minimum atomic E-state index is -0.466. The average Bonchev–Trinajstić information content (AvgIpc) is 3.30. The Morgan fingerprint density at radius 1 is 1.08 bits per heavy atom. The lowest BCUT2D eigenvalue weighted by molar-refractivity contribution is 0.215. The Hall–Kier alpha value is -3.31. The second-order valence-electron chi connectivity index (χ2n) is 11.3. The molecule has 1 fully saturated rings. The molecule has 194 valence electrons. The summed E-state index contributed by atoms with van der Waals surface area (Å²) in [7, 11) is 2.19. The monoisotopic (exact) mass is 497 g/mol. The zero-order valence-electron chi connectivity index (χ0n) is 23.0. The van der Waals surface area contributed by atoms with Gasteiger partial charge in [-0.3, -0.25) is 10.2 Å². The van der Waals surface area contributed by atoms with Gasteiger partial charge < -0.3 is 9.64 Å². The van der Waals surface area contributed by atoms with E-state index in [9.17, 15) is 4.79 Å². The van der Waals surface area contributed by atoms with Gasteiger partial charge in [0.25, 0.3) is 0 Å². The molecule has 2 aliphatic heterocycles. The minimum Gasteiger partial charge on any atom is -0.410 e. The van der Waals surface area contributed by atoms with Crippen molar-refractivity contribution in [3.8, 4) is 5.75 Å². The molecule has 2 atom stereocenters. The Kier molecular flexibility index (Phi) is 6.76. The van der Waals surface area contributed by atoms with E-state index in [1.54, 1.807) is 0 Å². The van der Waals surface area contributed by atoms with Gasteiger partial charge in [-0.15, -0.1) is 0 Å². The highest BCUT2D eigenvalue weighted by molar-refractivity contribution is 5.86. The second kappa shape index (κ2) is 9.86. The molecular weight excluding hydrogens is 458 g/mol. The number of benzene rings is 3. The molecular formula is C32H39N3O2. The Bertz CT molecular complexity index is 1300. The van der Waals surface area contributed by atoms with Crippen molar-refractivity contribution in [3.05, 3.63) is 88.5 Å². The normalized spacial score (nSPS) is 20.7. The number of amides is 1. The van der Waals surface area contributed by atoms with Crippen molar-refractivity contribution in [2.45, 2.75) is 65.0 Å². The molecule has 0 saturated carbocycles. The van der Waals surface area contributed by atoms with Crippen LogP contribution in [0.5, 0.6) is 5.75 Å². The zero-order chi connectivity index (χ0) is 26.3. The van der Waals surface area contributed by atoms with Crippen LogP contribution in [-0.2, 0) is 11.8 Å². The summed E-state index contributed by atoms with van der Waals surface area (Å²) in [6.07, 6.45) is 1.97. The van der Waals surface area contributed by atoms with E-state index in [1.807, 2.05) is 30.3 Å². The SMILES string of the molecule is Cc1ccc(CCN2CC[C@@]3(C)c4cc(OC(=O)Nc5ccc(C(C)C)cc5)ccc4N(C)[C@@H]23)c(C)c1. The lowest BCUT2D eigenvalue weighted by Crippen LogP contribution is -2.47. The largest absolute Gasteiger partial charge is 0.417 e. The van der Waals surface area contributed by atoms with Gasteiger partial charge in [0.1, 0.15) is 5.75 Å². The summed E-state index contributed by atoms with van der Waals surface area (Å²) in [5.74, 6) is 1.04. The van der Waals surface area contributed by atoms with E-state index < -0.39 is 6.09 Å². The van der Waals surface area contributed by atoms with Crippen LogP contribution in [0.1, 0.15) is 60.9 Å². The van der Waals surface area contributed by atoms with Gasteiger partial charge in [0.05, 0.1) is 6.17 Å². The summed E-state index contributed by atoms with van der Waals surface area (Å²) in [4.78, 5) is 17.7. The molecule has 37 heavy (non-hydrogen) atoms. The smallest absolute Gasteiger partial charge is 0.410 e. The number of likely N-dealkylation sites (tertiary alicyclic amines) is 1. The average molecular weight is 498 g/mol. The fourth-order valence-electron chi connectivity index (χ4n) is 6.28. The number of likely N-dealkylation sites (N-methyl/N-ethyl adjacent to an activating group) is 1. The van der Waals surface area contributed by atoms with E-state index >= 15 is 0 Å². The molecule has 0 spiro atoms. The third-order valence-corrected chi connectivity index (χ3v) is 8.37. The van der Waals surface area contributed by atoms with Gasteiger partial charge in [0, 0.05) is 36.9 Å². The summed E-state index contributed by atoms with van der Waals surface area (Å²) in [5.41, 5.74) is 8.58. The summed E-state index contributed by atoms with van der Waals surface area (Å²) in [6.45, 7) is 13.1. The van der Waals surface area contributed by atoms with Crippen LogP contribution in [0.15, 0.2) is 60.7 Å². The van der Waals surface area contributed by atoms with E-state index in [0.29, 0.717) is 17.8 Å². The molecule has 5 rings (SSSR count). The number of nitrogens with zero attached hydrogens (tertiary/aromatic N) is 2. The second-order valence-corrected chi connectivity index (χ2v) is 11.3. The van der Waals surface area contributed by atoms with Crippen LogP contribution in [0.25, 0.3) is 0 Å². The van der Waals surface area contributed by atoms with Crippen molar-refractivity contribution < 1.29 is 9.53 Å². The Labute approximate surface area is 221 Å². The molecule has 0 aromatic heterocycles. The van der Waals surface area contributed by atoms with Crippen LogP contribution in [0.4, 0.5) is 16.2 Å². The maximum Gasteiger partial charge on any atom is 0.417 e. The summed E-state index contributed by atoms with van der Waals surface area (Å²) >= 11 is 0. The quantitative estimate of drug-likeness (QED) is 0.397. The molecule has 2 heterocycles. The van der Waals surface area contributed by atoms with Crippen molar-refractivity contribution >= 4 is 17.5 Å². The van der Waals surface area contributed by atoms with Crippen LogP contribution >= 0.6 is 0 Å². The Morgan fingerprint density at radius 2 is 1.84 bits per heavy atom. The van der Waals surface area contributed by atoms with Gasteiger partial charge >= 0.3 is 6.09 Å². The van der Waals surface area contributed by atoms with Crippen molar-refractivity contribution in [1.82, 2.24) is 4.90 Å². The Balaban J connectivity index is 1.27. The van der Waals surface area contributed by atoms with Gasteiger partial charge in [0.15, 0.2) is 0 Å². The van der Waals surface area contributed by atoms with Crippen molar-refractivity contribution in [2.75, 3.05) is 30.4 Å². The number of hydrogen-bond acceptors (Lipinski definition) is 4. The number of hydrogen-bond donors (Lipinski definition) is 1. The molecule has 5 heteroatoms. The predicted octanol–water partition coefficient (Wildman–Crippen LogP) is 7.02. The molecule has 0 bridgehead atoms. The number of nitrogens with one attached hydrogen (secondary N) is 1. The molecule has 1 saturated heterocycles. The summed E-state index contributed by atoms with van der Waals surface area (Å²) in [5, 5.41) is 2.86. The molecule has 1 amide bonds. The van der Waals surface area contributed by atoms with Crippen LogP contribution in [0.2, 0.25) is 0 Å². The molecule has 1 N–H and O–H groups in total. The van der Waals surface area contributed by atoms with Gasteiger partial charge in [-0.25, -0.2) is 4.79 Å². The number of carbonyl (C=O) groups excluding carboxylic acids is 1. The predicted molar refractivity (Wildman–Crippen MR) is 152 cm³/mol. The number of fused-ring (bicyclic) bond motifs is 3. The molecule has 0 aliphatic carbocycles. The first-order chi connectivity index (χ1) is 17.7. The first-order valence-electron chi connectivity index (χ1n) is 13.4. The molecule has 5 nitrogen and oxygen atoms in total. The number of rotatable bonds is 6. The van der Waals surface area contributed by atoms with Crippen LogP contribution in [0, 0.1) is 13.8 Å². The molecule has 0 unspecified atom stereocenters. The van der Waals surface area contributed by atoms with E-state index in [0.717, 1.165) is 31.6 Å². The number of ether oxygens (including phenoxy) is 1. The zero-order valence-corrected chi connectivity index (χ0v) is 23.0. The molecule has 3 aromatic rings.